The number of carbonyl (C=O) groups is 2. The number of H-pyrrole nitrogens is 1. The lowest BCUT2D eigenvalue weighted by molar-refractivity contribution is -0.149. The van der Waals surface area contributed by atoms with E-state index in [0.29, 0.717) is 37.3 Å². The first kappa shape index (κ1) is 18.0. The van der Waals surface area contributed by atoms with Crippen molar-refractivity contribution in [3.05, 3.63) is 41.6 Å². The summed E-state index contributed by atoms with van der Waals surface area (Å²) in [6, 6.07) is 4.91. The summed E-state index contributed by atoms with van der Waals surface area (Å²) in [4.78, 5) is 26.1. The molecule has 1 saturated heterocycles. The molecule has 1 amide bonds. The predicted octanol–water partition coefficient (Wildman–Crippen LogP) is 2.77. The Morgan fingerprint density at radius 2 is 2.12 bits per heavy atom. The summed E-state index contributed by atoms with van der Waals surface area (Å²) in [7, 11) is 0. The first-order valence-corrected chi connectivity index (χ1v) is 8.46. The Kier molecular flexibility index (Phi) is 5.29. The van der Waals surface area contributed by atoms with Crippen LogP contribution in [0.25, 0.3) is 11.3 Å². The van der Waals surface area contributed by atoms with Crippen molar-refractivity contribution in [3.8, 4) is 11.3 Å². The number of nitrogens with one attached hydrogen (secondary N) is 1. The largest absolute Gasteiger partial charge is 0.466 e. The van der Waals surface area contributed by atoms with Crippen molar-refractivity contribution in [1.82, 2.24) is 15.1 Å². The van der Waals surface area contributed by atoms with Crippen molar-refractivity contribution in [3.63, 3.8) is 0 Å². The third-order valence-corrected chi connectivity index (χ3v) is 4.35. The minimum Gasteiger partial charge on any atom is -0.466 e. The molecule has 1 fully saturated rings. The molecule has 0 aliphatic carbocycles. The topological polar surface area (TPSA) is 75.3 Å². The zero-order valence-corrected chi connectivity index (χ0v) is 14.3. The second kappa shape index (κ2) is 7.63. The van der Waals surface area contributed by atoms with Crippen molar-refractivity contribution in [2.45, 2.75) is 19.8 Å². The summed E-state index contributed by atoms with van der Waals surface area (Å²) in [5.41, 5.74) is 0.933. The molecule has 0 saturated carbocycles. The van der Waals surface area contributed by atoms with Crippen LogP contribution in [-0.2, 0) is 9.53 Å². The fraction of sp³-hybridized carbons (Fsp3) is 0.389. The lowest BCUT2D eigenvalue weighted by atomic mass is 9.98. The number of hydrogen-bond donors (Lipinski definition) is 1. The molecular weight excluding hydrogens is 344 g/mol. The third-order valence-electron chi connectivity index (χ3n) is 4.35. The van der Waals surface area contributed by atoms with E-state index in [1.54, 1.807) is 11.8 Å². The Labute approximate surface area is 149 Å². The molecule has 8 heteroatoms. The summed E-state index contributed by atoms with van der Waals surface area (Å²) in [5, 5.41) is 6.63. The van der Waals surface area contributed by atoms with Crippen molar-refractivity contribution in [2.24, 2.45) is 5.92 Å². The molecular formula is C18H19F2N3O3. The van der Waals surface area contributed by atoms with Crippen LogP contribution in [0.15, 0.2) is 24.3 Å². The van der Waals surface area contributed by atoms with Gasteiger partial charge in [-0.05, 0) is 44.0 Å². The van der Waals surface area contributed by atoms with Gasteiger partial charge in [0.1, 0.15) is 5.69 Å². The molecule has 2 aromatic rings. The molecule has 26 heavy (non-hydrogen) atoms. The van der Waals surface area contributed by atoms with Crippen LogP contribution in [0.2, 0.25) is 0 Å². The summed E-state index contributed by atoms with van der Waals surface area (Å²) in [6.45, 7) is 2.88. The van der Waals surface area contributed by atoms with Crippen LogP contribution in [-0.4, -0.2) is 46.7 Å². The Hall–Kier alpha value is -2.77. The molecule has 6 nitrogen and oxygen atoms in total. The van der Waals surface area contributed by atoms with Gasteiger partial charge >= 0.3 is 5.97 Å². The molecule has 1 N–H and O–H groups in total. The van der Waals surface area contributed by atoms with E-state index >= 15 is 0 Å². The molecule has 0 spiro atoms. The second-order valence-corrected chi connectivity index (χ2v) is 6.14. The standard InChI is InChI=1S/C18H19F2N3O3/c1-2-26-18(25)12-4-3-7-23(10-12)17(24)16-9-15(21-22-16)11-5-6-13(19)14(20)8-11/h5-6,8-9,12H,2-4,7,10H2,1H3,(H,21,22). The van der Waals surface area contributed by atoms with Gasteiger partial charge in [-0.2, -0.15) is 5.10 Å². The van der Waals surface area contributed by atoms with E-state index in [1.807, 2.05) is 0 Å². The fourth-order valence-electron chi connectivity index (χ4n) is 3.02. The lowest BCUT2D eigenvalue weighted by Gasteiger charge is -2.31. The van der Waals surface area contributed by atoms with Gasteiger partial charge in [0, 0.05) is 18.7 Å². The SMILES string of the molecule is CCOC(=O)C1CCCN(C(=O)c2cc(-c3ccc(F)c(F)c3)n[nH]2)C1. The molecule has 1 aromatic heterocycles. The van der Waals surface area contributed by atoms with E-state index in [2.05, 4.69) is 10.2 Å². The van der Waals surface area contributed by atoms with Gasteiger partial charge < -0.3 is 9.64 Å². The number of ether oxygens (including phenoxy) is 1. The molecule has 0 radical (unpaired) electrons. The van der Waals surface area contributed by atoms with E-state index in [-0.39, 0.29) is 30.0 Å². The van der Waals surface area contributed by atoms with Gasteiger partial charge in [0.05, 0.1) is 18.2 Å². The maximum absolute atomic E-state index is 13.4. The average Bonchev–Trinajstić information content (AvgIpc) is 3.14. The van der Waals surface area contributed by atoms with Gasteiger partial charge in [0.25, 0.3) is 5.91 Å². The molecule has 1 aliphatic rings. The van der Waals surface area contributed by atoms with Gasteiger partial charge in [-0.3, -0.25) is 14.7 Å². The molecule has 1 atom stereocenters. The Balaban J connectivity index is 1.73. The summed E-state index contributed by atoms with van der Waals surface area (Å²) < 4.78 is 31.5. The first-order valence-electron chi connectivity index (χ1n) is 8.46. The Morgan fingerprint density at radius 1 is 1.31 bits per heavy atom. The summed E-state index contributed by atoms with van der Waals surface area (Å²) in [5.74, 6) is -2.84. The third kappa shape index (κ3) is 3.74. The minimum atomic E-state index is -0.980. The number of aromatic nitrogens is 2. The highest BCUT2D eigenvalue weighted by molar-refractivity contribution is 5.93. The van der Waals surface area contributed by atoms with Gasteiger partial charge in [0.2, 0.25) is 0 Å². The normalized spacial score (nSPS) is 17.2. The zero-order chi connectivity index (χ0) is 18.7. The average molecular weight is 363 g/mol. The van der Waals surface area contributed by atoms with E-state index in [1.165, 1.54) is 12.1 Å². The molecule has 1 unspecified atom stereocenters. The lowest BCUT2D eigenvalue weighted by Crippen LogP contribution is -2.43. The minimum absolute atomic E-state index is 0.231. The van der Waals surface area contributed by atoms with Crippen LogP contribution in [0.3, 0.4) is 0 Å². The maximum Gasteiger partial charge on any atom is 0.310 e. The number of carbonyl (C=O) groups excluding carboxylic acids is 2. The number of esters is 1. The molecule has 3 rings (SSSR count). The molecule has 1 aromatic carbocycles. The summed E-state index contributed by atoms with van der Waals surface area (Å²) in [6.07, 6.45) is 1.39. The molecule has 0 bridgehead atoms. The highest BCUT2D eigenvalue weighted by Crippen LogP contribution is 2.23. The van der Waals surface area contributed by atoms with Crippen molar-refractivity contribution in [1.29, 1.82) is 0 Å². The predicted molar refractivity (Wildman–Crippen MR) is 89.2 cm³/mol. The summed E-state index contributed by atoms with van der Waals surface area (Å²) >= 11 is 0. The number of halogens is 2. The van der Waals surface area contributed by atoms with Crippen molar-refractivity contribution in [2.75, 3.05) is 19.7 Å². The number of amides is 1. The number of likely N-dealkylation sites (tertiary alicyclic amines) is 1. The second-order valence-electron chi connectivity index (χ2n) is 6.14. The van der Waals surface area contributed by atoms with E-state index in [4.69, 9.17) is 4.74 Å². The highest BCUT2D eigenvalue weighted by atomic mass is 19.2. The molecule has 138 valence electrons. The Morgan fingerprint density at radius 3 is 2.85 bits per heavy atom. The van der Waals surface area contributed by atoms with Crippen LogP contribution in [0.1, 0.15) is 30.3 Å². The number of piperidine rings is 1. The van der Waals surface area contributed by atoms with Crippen LogP contribution in [0.5, 0.6) is 0 Å². The fourth-order valence-corrected chi connectivity index (χ4v) is 3.02. The zero-order valence-electron chi connectivity index (χ0n) is 14.3. The quantitative estimate of drug-likeness (QED) is 0.848. The Bertz CT molecular complexity index is 822. The van der Waals surface area contributed by atoms with Crippen LogP contribution in [0.4, 0.5) is 8.78 Å². The van der Waals surface area contributed by atoms with E-state index in [9.17, 15) is 18.4 Å². The van der Waals surface area contributed by atoms with Crippen molar-refractivity contribution >= 4 is 11.9 Å². The number of aromatic amines is 1. The maximum atomic E-state index is 13.4. The van der Waals surface area contributed by atoms with E-state index < -0.39 is 11.6 Å². The highest BCUT2D eigenvalue weighted by Gasteiger charge is 2.30. The van der Waals surface area contributed by atoms with Crippen LogP contribution in [0, 0.1) is 17.6 Å². The monoisotopic (exact) mass is 363 g/mol. The van der Waals surface area contributed by atoms with Crippen molar-refractivity contribution < 1.29 is 23.1 Å². The van der Waals surface area contributed by atoms with Crippen LogP contribution < -0.4 is 0 Å². The number of rotatable bonds is 4. The molecule has 2 heterocycles. The number of benzene rings is 1. The first-order chi connectivity index (χ1) is 12.5. The van der Waals surface area contributed by atoms with Gasteiger partial charge in [-0.15, -0.1) is 0 Å². The number of hydrogen-bond acceptors (Lipinski definition) is 4. The smallest absolute Gasteiger partial charge is 0.310 e. The molecule has 1 aliphatic heterocycles. The number of nitrogens with zero attached hydrogens (tertiary/aromatic N) is 2. The van der Waals surface area contributed by atoms with Gasteiger partial charge in [-0.25, -0.2) is 8.78 Å². The van der Waals surface area contributed by atoms with Crippen LogP contribution >= 0.6 is 0 Å². The van der Waals surface area contributed by atoms with Gasteiger partial charge in [0.15, 0.2) is 11.6 Å². The van der Waals surface area contributed by atoms with Gasteiger partial charge in [-0.1, -0.05) is 0 Å². The van der Waals surface area contributed by atoms with E-state index in [0.717, 1.165) is 12.1 Å².